The van der Waals surface area contributed by atoms with E-state index in [1.807, 2.05) is 0 Å². The molecular formula is C11H11NO7. The highest BCUT2D eigenvalue weighted by atomic mass is 16.7. The number of nitrogens with zero attached hydrogens (tertiary/aromatic N) is 1. The minimum absolute atomic E-state index is 0.118. The van der Waals surface area contributed by atoms with Crippen molar-refractivity contribution < 1.29 is 28.7 Å². The Kier molecular flexibility index (Phi) is 3.16. The smallest absolute Gasteiger partial charge is 0.345 e. The van der Waals surface area contributed by atoms with Gasteiger partial charge in [-0.1, -0.05) is 0 Å². The van der Waals surface area contributed by atoms with E-state index in [1.165, 1.54) is 14.0 Å². The second-order valence-corrected chi connectivity index (χ2v) is 3.70. The van der Waals surface area contributed by atoms with Crippen LogP contribution in [0.25, 0.3) is 0 Å². The molecule has 1 aromatic carbocycles. The molecule has 19 heavy (non-hydrogen) atoms. The highest BCUT2D eigenvalue weighted by Gasteiger charge is 2.38. The van der Waals surface area contributed by atoms with Crippen molar-refractivity contribution in [3.05, 3.63) is 21.2 Å². The largest absolute Gasteiger partial charge is 0.492 e. The number of hydrogen-bond donors (Lipinski definition) is 0. The molecule has 0 bridgehead atoms. The van der Waals surface area contributed by atoms with Crippen molar-refractivity contribution in [2.45, 2.75) is 6.92 Å². The molecule has 0 amide bonds. The lowest BCUT2D eigenvalue weighted by Gasteiger charge is -2.12. The molecule has 1 heterocycles. The van der Waals surface area contributed by atoms with Crippen LogP contribution in [0.5, 0.6) is 17.2 Å². The molecule has 0 fully saturated rings. The first-order valence-corrected chi connectivity index (χ1v) is 5.25. The molecule has 0 aromatic heterocycles. The van der Waals surface area contributed by atoms with Crippen LogP contribution in [0.3, 0.4) is 0 Å². The van der Waals surface area contributed by atoms with E-state index in [0.717, 1.165) is 7.11 Å². The number of carbonyl (C=O) groups is 1. The van der Waals surface area contributed by atoms with Crippen molar-refractivity contribution in [2.75, 3.05) is 21.0 Å². The van der Waals surface area contributed by atoms with Crippen molar-refractivity contribution in [3.8, 4) is 17.2 Å². The van der Waals surface area contributed by atoms with Crippen LogP contribution in [-0.4, -0.2) is 31.9 Å². The Labute approximate surface area is 108 Å². The Balaban J connectivity index is 2.85. The number of ether oxygens (including phenoxy) is 4. The first-order chi connectivity index (χ1) is 9.02. The molecule has 102 valence electrons. The fourth-order valence-corrected chi connectivity index (χ4v) is 1.97. The van der Waals surface area contributed by atoms with Crippen LogP contribution in [0, 0.1) is 17.0 Å². The normalized spacial score (nSPS) is 12.2. The lowest BCUT2D eigenvalue weighted by molar-refractivity contribution is -0.386. The molecule has 0 saturated heterocycles. The number of hydrogen-bond acceptors (Lipinski definition) is 7. The summed E-state index contributed by atoms with van der Waals surface area (Å²) in [5.41, 5.74) is -0.406. The first-order valence-electron chi connectivity index (χ1n) is 5.25. The molecule has 8 heteroatoms. The quantitative estimate of drug-likeness (QED) is 0.465. The second-order valence-electron chi connectivity index (χ2n) is 3.70. The minimum atomic E-state index is -0.833. The molecule has 0 N–H and O–H groups in total. The van der Waals surface area contributed by atoms with Crippen molar-refractivity contribution in [2.24, 2.45) is 0 Å². The van der Waals surface area contributed by atoms with Crippen molar-refractivity contribution >= 4 is 11.7 Å². The van der Waals surface area contributed by atoms with E-state index in [0.29, 0.717) is 0 Å². The standard InChI is InChI=1S/C11H11NO7/c1-5-6(11(13)17-3)7(12(14)15)9-10(8(5)16-2)19-4-18-9/h4H2,1-3H3. The van der Waals surface area contributed by atoms with Gasteiger partial charge in [0.2, 0.25) is 18.3 Å². The molecule has 2 rings (SSSR count). The van der Waals surface area contributed by atoms with Gasteiger partial charge in [0.1, 0.15) is 5.56 Å². The van der Waals surface area contributed by atoms with E-state index in [9.17, 15) is 14.9 Å². The highest BCUT2D eigenvalue weighted by molar-refractivity contribution is 5.99. The predicted molar refractivity (Wildman–Crippen MR) is 61.8 cm³/mol. The maximum atomic E-state index is 11.7. The van der Waals surface area contributed by atoms with Gasteiger partial charge in [-0.05, 0) is 6.92 Å². The number of fused-ring (bicyclic) bond motifs is 1. The van der Waals surface area contributed by atoms with Gasteiger partial charge in [-0.3, -0.25) is 10.1 Å². The minimum Gasteiger partial charge on any atom is -0.492 e. The maximum Gasteiger partial charge on any atom is 0.345 e. The summed E-state index contributed by atoms with van der Waals surface area (Å²) >= 11 is 0. The molecule has 1 aromatic rings. The molecule has 0 radical (unpaired) electrons. The summed E-state index contributed by atoms with van der Waals surface area (Å²) in [5.74, 6) is -0.605. The zero-order valence-corrected chi connectivity index (χ0v) is 10.5. The number of benzene rings is 1. The lowest BCUT2D eigenvalue weighted by atomic mass is 10.0. The van der Waals surface area contributed by atoms with Gasteiger partial charge in [-0.15, -0.1) is 0 Å². The van der Waals surface area contributed by atoms with Gasteiger partial charge in [0, 0.05) is 5.56 Å². The van der Waals surface area contributed by atoms with Gasteiger partial charge >= 0.3 is 11.7 Å². The Morgan fingerprint density at radius 1 is 1.32 bits per heavy atom. The number of rotatable bonds is 3. The Bertz CT molecular complexity index is 567. The van der Waals surface area contributed by atoms with Crippen molar-refractivity contribution in [1.82, 2.24) is 0 Å². The number of esters is 1. The van der Waals surface area contributed by atoms with Crippen LogP contribution in [0.15, 0.2) is 0 Å². The number of carbonyl (C=O) groups excluding carboxylic acids is 1. The molecule has 0 aliphatic carbocycles. The summed E-state index contributed by atoms with van der Waals surface area (Å²) in [5, 5.41) is 11.2. The van der Waals surface area contributed by atoms with Crippen LogP contribution in [0.4, 0.5) is 5.69 Å². The molecule has 0 spiro atoms. The molecule has 0 saturated carbocycles. The van der Waals surface area contributed by atoms with Gasteiger partial charge in [-0.2, -0.15) is 0 Å². The van der Waals surface area contributed by atoms with Crippen LogP contribution in [0.2, 0.25) is 0 Å². The molecule has 1 aliphatic heterocycles. The number of methoxy groups -OCH3 is 2. The maximum absolute atomic E-state index is 11.7. The third kappa shape index (κ3) is 1.81. The third-order valence-electron chi connectivity index (χ3n) is 2.76. The molecule has 8 nitrogen and oxygen atoms in total. The zero-order valence-electron chi connectivity index (χ0n) is 10.5. The highest BCUT2D eigenvalue weighted by Crippen LogP contribution is 2.51. The molecule has 0 atom stereocenters. The summed E-state index contributed by atoms with van der Waals surface area (Å²) in [7, 11) is 2.51. The Morgan fingerprint density at radius 2 is 1.95 bits per heavy atom. The van der Waals surface area contributed by atoms with Crippen molar-refractivity contribution in [1.29, 1.82) is 0 Å². The Morgan fingerprint density at radius 3 is 2.47 bits per heavy atom. The number of nitro groups is 1. The van der Waals surface area contributed by atoms with Gasteiger partial charge in [0.25, 0.3) is 0 Å². The summed E-state index contributed by atoms with van der Waals surface area (Å²) in [6.45, 7) is 1.34. The van der Waals surface area contributed by atoms with Gasteiger partial charge in [0.15, 0.2) is 5.75 Å². The summed E-state index contributed by atoms with van der Waals surface area (Å²) in [6.07, 6.45) is 0. The monoisotopic (exact) mass is 269 g/mol. The first kappa shape index (κ1) is 12.9. The Hall–Kier alpha value is -2.51. The second kappa shape index (κ2) is 4.63. The summed E-state index contributed by atoms with van der Waals surface area (Å²) in [4.78, 5) is 22.2. The fourth-order valence-electron chi connectivity index (χ4n) is 1.97. The topological polar surface area (TPSA) is 97.1 Å². The fraction of sp³-hybridized carbons (Fsp3) is 0.364. The SMILES string of the molecule is COC(=O)c1c(C)c(OC)c2c(c1[N+](=O)[O-])OCO2. The van der Waals surface area contributed by atoms with Crippen LogP contribution in [-0.2, 0) is 4.74 Å². The van der Waals surface area contributed by atoms with E-state index >= 15 is 0 Å². The zero-order chi connectivity index (χ0) is 14.2. The van der Waals surface area contributed by atoms with Gasteiger partial charge in [0.05, 0.1) is 19.1 Å². The average Bonchev–Trinajstić information content (AvgIpc) is 2.84. The van der Waals surface area contributed by atoms with E-state index < -0.39 is 16.6 Å². The molecule has 0 unspecified atom stereocenters. The number of nitro benzene ring substituents is 1. The van der Waals surface area contributed by atoms with Crippen LogP contribution in [0.1, 0.15) is 15.9 Å². The van der Waals surface area contributed by atoms with Gasteiger partial charge in [-0.25, -0.2) is 4.79 Å². The van der Waals surface area contributed by atoms with E-state index in [-0.39, 0.29) is 35.2 Å². The molecular weight excluding hydrogens is 258 g/mol. The van der Waals surface area contributed by atoms with Crippen LogP contribution < -0.4 is 14.2 Å². The third-order valence-corrected chi connectivity index (χ3v) is 2.76. The average molecular weight is 269 g/mol. The molecule has 1 aliphatic rings. The predicted octanol–water partition coefficient (Wildman–Crippen LogP) is 1.43. The summed E-state index contributed by atoms with van der Waals surface area (Å²) in [6, 6.07) is 0. The van der Waals surface area contributed by atoms with E-state index in [2.05, 4.69) is 4.74 Å². The summed E-state index contributed by atoms with van der Waals surface area (Å²) < 4.78 is 19.9. The van der Waals surface area contributed by atoms with E-state index in [4.69, 9.17) is 14.2 Å². The van der Waals surface area contributed by atoms with Gasteiger partial charge < -0.3 is 18.9 Å². The van der Waals surface area contributed by atoms with Crippen LogP contribution >= 0.6 is 0 Å². The van der Waals surface area contributed by atoms with Crippen molar-refractivity contribution in [3.63, 3.8) is 0 Å². The lowest BCUT2D eigenvalue weighted by Crippen LogP contribution is -2.10. The van der Waals surface area contributed by atoms with E-state index in [1.54, 1.807) is 0 Å².